The molecule has 0 aromatic carbocycles. The van der Waals surface area contributed by atoms with Crippen LogP contribution in [-0.4, -0.2) is 35.1 Å². The van der Waals surface area contributed by atoms with E-state index in [1.54, 1.807) is 0 Å². The maximum Gasteiger partial charge on any atom is 0.107 e. The van der Waals surface area contributed by atoms with Crippen molar-refractivity contribution in [1.29, 1.82) is 0 Å². The summed E-state index contributed by atoms with van der Waals surface area (Å²) in [4.78, 5) is 0. The Hall–Kier alpha value is -0.120. The zero-order chi connectivity index (χ0) is 6.85. The van der Waals surface area contributed by atoms with Crippen molar-refractivity contribution in [3.63, 3.8) is 0 Å². The summed E-state index contributed by atoms with van der Waals surface area (Å²) in [5, 5.41) is 17.6. The van der Waals surface area contributed by atoms with Crippen molar-refractivity contribution in [2.24, 2.45) is 0 Å². The Bertz CT molecular complexity index is 94.3. The second kappa shape index (κ2) is 2.64. The van der Waals surface area contributed by atoms with E-state index in [0.29, 0.717) is 6.42 Å². The smallest absolute Gasteiger partial charge is 0.107 e. The molecular formula is C6H12O3. The lowest BCUT2D eigenvalue weighted by Crippen LogP contribution is -2.24. The fourth-order valence-corrected chi connectivity index (χ4v) is 1.10. The minimum atomic E-state index is -0.468. The number of aliphatic hydroxyl groups is 2. The molecule has 1 aliphatic heterocycles. The molecule has 0 aromatic heterocycles. The highest BCUT2D eigenvalue weighted by Gasteiger charge is 2.30. The van der Waals surface area contributed by atoms with E-state index in [0.717, 1.165) is 0 Å². The summed E-state index contributed by atoms with van der Waals surface area (Å²) in [6, 6.07) is 0. The van der Waals surface area contributed by atoms with Gasteiger partial charge in [0.2, 0.25) is 0 Å². The SMILES string of the molecule is C[C@@H]1C[C@H](O)[C@@H](CO)O1. The van der Waals surface area contributed by atoms with E-state index >= 15 is 0 Å². The van der Waals surface area contributed by atoms with E-state index in [-0.39, 0.29) is 18.8 Å². The second-order valence-corrected chi connectivity index (χ2v) is 2.47. The largest absolute Gasteiger partial charge is 0.394 e. The van der Waals surface area contributed by atoms with Gasteiger partial charge >= 0.3 is 0 Å². The van der Waals surface area contributed by atoms with Crippen LogP contribution in [0.25, 0.3) is 0 Å². The molecule has 3 atom stereocenters. The van der Waals surface area contributed by atoms with Crippen molar-refractivity contribution in [2.45, 2.75) is 31.7 Å². The summed E-state index contributed by atoms with van der Waals surface area (Å²) >= 11 is 0. The Kier molecular flexibility index (Phi) is 2.05. The first kappa shape index (κ1) is 6.99. The molecule has 0 amide bonds. The molecule has 9 heavy (non-hydrogen) atoms. The molecule has 0 aromatic rings. The third-order valence-electron chi connectivity index (χ3n) is 1.59. The minimum absolute atomic E-state index is 0.0779. The molecule has 2 N–H and O–H groups in total. The van der Waals surface area contributed by atoms with E-state index in [4.69, 9.17) is 14.9 Å². The van der Waals surface area contributed by atoms with Crippen LogP contribution in [-0.2, 0) is 4.74 Å². The summed E-state index contributed by atoms with van der Waals surface area (Å²) in [5.41, 5.74) is 0. The zero-order valence-corrected chi connectivity index (χ0v) is 5.45. The first-order valence-corrected chi connectivity index (χ1v) is 3.18. The molecule has 1 aliphatic rings. The summed E-state index contributed by atoms with van der Waals surface area (Å²) < 4.78 is 5.12. The van der Waals surface area contributed by atoms with Crippen molar-refractivity contribution in [1.82, 2.24) is 0 Å². The monoisotopic (exact) mass is 132 g/mol. The third kappa shape index (κ3) is 1.41. The fourth-order valence-electron chi connectivity index (χ4n) is 1.10. The van der Waals surface area contributed by atoms with Crippen LogP contribution in [0.5, 0.6) is 0 Å². The van der Waals surface area contributed by atoms with E-state index in [9.17, 15) is 0 Å². The van der Waals surface area contributed by atoms with Crippen LogP contribution in [0, 0.1) is 0 Å². The molecular weight excluding hydrogens is 120 g/mol. The van der Waals surface area contributed by atoms with Crippen molar-refractivity contribution in [2.75, 3.05) is 6.61 Å². The Morgan fingerprint density at radius 1 is 1.67 bits per heavy atom. The Morgan fingerprint density at radius 2 is 2.33 bits per heavy atom. The zero-order valence-electron chi connectivity index (χ0n) is 5.45. The van der Waals surface area contributed by atoms with Crippen molar-refractivity contribution in [3.05, 3.63) is 0 Å². The molecule has 1 rings (SSSR count). The molecule has 1 saturated heterocycles. The number of hydrogen-bond acceptors (Lipinski definition) is 3. The molecule has 54 valence electrons. The Labute approximate surface area is 54.3 Å². The van der Waals surface area contributed by atoms with Crippen LogP contribution >= 0.6 is 0 Å². The van der Waals surface area contributed by atoms with Gasteiger partial charge in [-0.25, -0.2) is 0 Å². The number of hydrogen-bond donors (Lipinski definition) is 2. The molecule has 0 unspecified atom stereocenters. The lowest BCUT2D eigenvalue weighted by Gasteiger charge is -2.08. The van der Waals surface area contributed by atoms with E-state index in [2.05, 4.69) is 0 Å². The van der Waals surface area contributed by atoms with Gasteiger partial charge in [0.1, 0.15) is 6.10 Å². The maximum absolute atomic E-state index is 9.07. The normalized spacial score (nSPS) is 43.7. The molecule has 1 heterocycles. The van der Waals surface area contributed by atoms with Gasteiger partial charge in [0.25, 0.3) is 0 Å². The summed E-state index contributed by atoms with van der Waals surface area (Å²) in [5.74, 6) is 0. The quantitative estimate of drug-likeness (QED) is 0.506. The fraction of sp³-hybridized carbons (Fsp3) is 1.00. The van der Waals surface area contributed by atoms with E-state index in [1.165, 1.54) is 0 Å². The summed E-state index contributed by atoms with van der Waals surface area (Å²) in [6.45, 7) is 1.81. The lowest BCUT2D eigenvalue weighted by molar-refractivity contribution is -0.0170. The molecule has 0 radical (unpaired) electrons. The molecule has 0 aliphatic carbocycles. The van der Waals surface area contributed by atoms with Crippen LogP contribution < -0.4 is 0 Å². The van der Waals surface area contributed by atoms with Crippen LogP contribution in [0.2, 0.25) is 0 Å². The first-order chi connectivity index (χ1) is 4.24. The molecule has 0 spiro atoms. The van der Waals surface area contributed by atoms with Crippen LogP contribution in [0.1, 0.15) is 13.3 Å². The van der Waals surface area contributed by atoms with Gasteiger partial charge in [-0.15, -0.1) is 0 Å². The van der Waals surface area contributed by atoms with Gasteiger partial charge in [0.05, 0.1) is 18.8 Å². The predicted molar refractivity (Wildman–Crippen MR) is 32.0 cm³/mol. The third-order valence-corrected chi connectivity index (χ3v) is 1.59. The summed E-state index contributed by atoms with van der Waals surface area (Å²) in [7, 11) is 0. The van der Waals surface area contributed by atoms with Crippen LogP contribution in [0.4, 0.5) is 0 Å². The average molecular weight is 132 g/mol. The Morgan fingerprint density at radius 3 is 2.56 bits per heavy atom. The van der Waals surface area contributed by atoms with Crippen molar-refractivity contribution < 1.29 is 14.9 Å². The second-order valence-electron chi connectivity index (χ2n) is 2.47. The topological polar surface area (TPSA) is 49.7 Å². The van der Waals surface area contributed by atoms with Gasteiger partial charge in [-0.05, 0) is 6.92 Å². The lowest BCUT2D eigenvalue weighted by atomic mass is 10.1. The van der Waals surface area contributed by atoms with Crippen molar-refractivity contribution >= 4 is 0 Å². The molecule has 1 fully saturated rings. The maximum atomic E-state index is 9.07. The van der Waals surface area contributed by atoms with Gasteiger partial charge < -0.3 is 14.9 Å². The standard InChI is InChI=1S/C6H12O3/c1-4-2-5(8)6(3-7)9-4/h4-8H,2-3H2,1H3/t4-,5+,6-/m1/s1. The highest BCUT2D eigenvalue weighted by atomic mass is 16.5. The van der Waals surface area contributed by atoms with Crippen LogP contribution in [0.15, 0.2) is 0 Å². The van der Waals surface area contributed by atoms with Gasteiger partial charge in [-0.2, -0.15) is 0 Å². The Balaban J connectivity index is 2.38. The highest BCUT2D eigenvalue weighted by Crippen LogP contribution is 2.18. The number of rotatable bonds is 1. The van der Waals surface area contributed by atoms with Crippen LogP contribution in [0.3, 0.4) is 0 Å². The molecule has 0 bridgehead atoms. The average Bonchev–Trinajstić information content (AvgIpc) is 2.10. The number of ether oxygens (including phenoxy) is 1. The van der Waals surface area contributed by atoms with Gasteiger partial charge in [-0.1, -0.05) is 0 Å². The number of aliphatic hydroxyl groups excluding tert-OH is 2. The van der Waals surface area contributed by atoms with Crippen molar-refractivity contribution in [3.8, 4) is 0 Å². The predicted octanol–water partition coefficient (Wildman–Crippen LogP) is -0.483. The van der Waals surface area contributed by atoms with Gasteiger partial charge in [-0.3, -0.25) is 0 Å². The summed E-state index contributed by atoms with van der Waals surface area (Å²) in [6.07, 6.45) is -0.0762. The van der Waals surface area contributed by atoms with E-state index in [1.807, 2.05) is 6.92 Å². The molecule has 3 heteroatoms. The molecule has 3 nitrogen and oxygen atoms in total. The van der Waals surface area contributed by atoms with E-state index < -0.39 is 6.10 Å². The minimum Gasteiger partial charge on any atom is -0.394 e. The highest BCUT2D eigenvalue weighted by molar-refractivity contribution is 4.78. The van der Waals surface area contributed by atoms with Gasteiger partial charge in [0, 0.05) is 6.42 Å². The first-order valence-electron chi connectivity index (χ1n) is 3.18. The van der Waals surface area contributed by atoms with Gasteiger partial charge in [0.15, 0.2) is 0 Å². The molecule has 0 saturated carbocycles.